The van der Waals surface area contributed by atoms with Gasteiger partial charge >= 0.3 is 0 Å². The van der Waals surface area contributed by atoms with Gasteiger partial charge < -0.3 is 16.4 Å². The molecular formula is C14H20N6. The summed E-state index contributed by atoms with van der Waals surface area (Å²) in [7, 11) is 0. The number of hydrogen-bond acceptors (Lipinski definition) is 6. The standard InChI is InChI=1S/C14H20N6/c1-8-6-9(2)17-13-11(8)12(15)19-14(20-13)18-10-4-3-5-16-7-10/h6,10,16H,3-5,7H2,1-2H3,(H3,15,17,18,19,20)/t10-/m1/s1. The van der Waals surface area contributed by atoms with E-state index in [2.05, 4.69) is 25.6 Å². The smallest absolute Gasteiger partial charge is 0.226 e. The predicted octanol–water partition coefficient (Wildman–Crippen LogP) is 1.39. The Balaban J connectivity index is 1.96. The van der Waals surface area contributed by atoms with Crippen molar-refractivity contribution < 1.29 is 0 Å². The van der Waals surface area contributed by atoms with Gasteiger partial charge in [0.2, 0.25) is 5.95 Å². The number of nitrogen functional groups attached to an aromatic ring is 1. The molecule has 0 aliphatic carbocycles. The number of hydrogen-bond donors (Lipinski definition) is 3. The maximum Gasteiger partial charge on any atom is 0.226 e. The molecule has 4 N–H and O–H groups in total. The number of pyridine rings is 1. The summed E-state index contributed by atoms with van der Waals surface area (Å²) in [4.78, 5) is 13.3. The van der Waals surface area contributed by atoms with E-state index in [1.807, 2.05) is 19.9 Å². The molecule has 0 aromatic carbocycles. The Labute approximate surface area is 118 Å². The third kappa shape index (κ3) is 2.51. The number of nitrogens with one attached hydrogen (secondary N) is 2. The number of aromatic nitrogens is 3. The van der Waals surface area contributed by atoms with E-state index < -0.39 is 0 Å². The molecule has 0 amide bonds. The zero-order valence-corrected chi connectivity index (χ0v) is 11.9. The Morgan fingerprint density at radius 1 is 1.30 bits per heavy atom. The van der Waals surface area contributed by atoms with Crippen LogP contribution in [0.2, 0.25) is 0 Å². The first-order valence-electron chi connectivity index (χ1n) is 7.02. The van der Waals surface area contributed by atoms with Gasteiger partial charge in [0.05, 0.1) is 5.39 Å². The number of rotatable bonds is 2. The van der Waals surface area contributed by atoms with Crippen molar-refractivity contribution in [1.29, 1.82) is 0 Å². The fraction of sp³-hybridized carbons (Fsp3) is 0.500. The fourth-order valence-electron chi connectivity index (χ4n) is 2.73. The van der Waals surface area contributed by atoms with E-state index in [0.29, 0.717) is 23.5 Å². The molecule has 3 heterocycles. The SMILES string of the molecule is Cc1cc(C)c2c(N)nc(N[C@@H]3CCCNC3)nc2n1. The topological polar surface area (TPSA) is 88.8 Å². The molecule has 1 aliphatic rings. The lowest BCUT2D eigenvalue weighted by Gasteiger charge is -2.23. The van der Waals surface area contributed by atoms with Crippen LogP contribution in [0.5, 0.6) is 0 Å². The van der Waals surface area contributed by atoms with Crippen LogP contribution in [0, 0.1) is 13.8 Å². The zero-order chi connectivity index (χ0) is 14.1. The Hall–Kier alpha value is -1.95. The molecular weight excluding hydrogens is 252 g/mol. The summed E-state index contributed by atoms with van der Waals surface area (Å²) in [6.07, 6.45) is 2.28. The van der Waals surface area contributed by atoms with Gasteiger partial charge in [0.1, 0.15) is 5.82 Å². The van der Waals surface area contributed by atoms with Crippen LogP contribution in [0.4, 0.5) is 11.8 Å². The van der Waals surface area contributed by atoms with Crippen molar-refractivity contribution in [3.05, 3.63) is 17.3 Å². The third-order valence-electron chi connectivity index (χ3n) is 3.65. The van der Waals surface area contributed by atoms with Crippen molar-refractivity contribution in [3.8, 4) is 0 Å². The van der Waals surface area contributed by atoms with Crippen molar-refractivity contribution in [2.45, 2.75) is 32.7 Å². The molecule has 3 rings (SSSR count). The summed E-state index contributed by atoms with van der Waals surface area (Å²) in [6.45, 7) is 5.98. The summed E-state index contributed by atoms with van der Waals surface area (Å²) >= 11 is 0. The molecule has 1 aliphatic heterocycles. The average Bonchev–Trinajstić information content (AvgIpc) is 2.38. The van der Waals surface area contributed by atoms with Crippen molar-refractivity contribution in [2.75, 3.05) is 24.1 Å². The first kappa shape index (κ1) is 13.1. The second kappa shape index (κ2) is 5.20. The molecule has 0 radical (unpaired) electrons. The maximum atomic E-state index is 6.07. The lowest BCUT2D eigenvalue weighted by atomic mass is 10.1. The van der Waals surface area contributed by atoms with Crippen LogP contribution < -0.4 is 16.4 Å². The van der Waals surface area contributed by atoms with Crippen LogP contribution in [0.25, 0.3) is 11.0 Å². The van der Waals surface area contributed by atoms with Crippen LogP contribution in [-0.4, -0.2) is 34.1 Å². The van der Waals surface area contributed by atoms with E-state index in [0.717, 1.165) is 42.6 Å². The van der Waals surface area contributed by atoms with E-state index in [1.165, 1.54) is 0 Å². The van der Waals surface area contributed by atoms with Crippen molar-refractivity contribution in [3.63, 3.8) is 0 Å². The normalized spacial score (nSPS) is 19.2. The number of aryl methyl sites for hydroxylation is 2. The van der Waals surface area contributed by atoms with E-state index in [9.17, 15) is 0 Å². The first-order valence-corrected chi connectivity index (χ1v) is 7.02. The lowest BCUT2D eigenvalue weighted by Crippen LogP contribution is -2.38. The van der Waals surface area contributed by atoms with E-state index >= 15 is 0 Å². The summed E-state index contributed by atoms with van der Waals surface area (Å²) in [6, 6.07) is 2.35. The maximum absolute atomic E-state index is 6.07. The molecule has 6 heteroatoms. The van der Waals surface area contributed by atoms with Crippen LogP contribution in [0.3, 0.4) is 0 Å². The van der Waals surface area contributed by atoms with Crippen molar-refractivity contribution in [1.82, 2.24) is 20.3 Å². The van der Waals surface area contributed by atoms with Crippen molar-refractivity contribution in [2.24, 2.45) is 0 Å². The van der Waals surface area contributed by atoms with Gasteiger partial charge in [0.15, 0.2) is 5.65 Å². The second-order valence-electron chi connectivity index (χ2n) is 5.40. The van der Waals surface area contributed by atoms with Gasteiger partial charge in [-0.3, -0.25) is 0 Å². The molecule has 106 valence electrons. The Kier molecular flexibility index (Phi) is 3.40. The van der Waals surface area contributed by atoms with Crippen molar-refractivity contribution >= 4 is 22.8 Å². The molecule has 6 nitrogen and oxygen atoms in total. The second-order valence-corrected chi connectivity index (χ2v) is 5.40. The van der Waals surface area contributed by atoms with Gasteiger partial charge in [-0.15, -0.1) is 0 Å². The van der Waals surface area contributed by atoms with Gasteiger partial charge in [-0.05, 0) is 44.9 Å². The van der Waals surface area contributed by atoms with Gasteiger partial charge in [-0.2, -0.15) is 9.97 Å². The lowest BCUT2D eigenvalue weighted by molar-refractivity contribution is 0.478. The first-order chi connectivity index (χ1) is 9.63. The van der Waals surface area contributed by atoms with E-state index in [1.54, 1.807) is 0 Å². The third-order valence-corrected chi connectivity index (χ3v) is 3.65. The summed E-state index contributed by atoms with van der Waals surface area (Å²) in [5.74, 6) is 1.06. The predicted molar refractivity (Wildman–Crippen MR) is 80.7 cm³/mol. The fourth-order valence-corrected chi connectivity index (χ4v) is 2.73. The van der Waals surface area contributed by atoms with Gasteiger partial charge in [-0.1, -0.05) is 0 Å². The summed E-state index contributed by atoms with van der Waals surface area (Å²) < 4.78 is 0. The molecule has 1 fully saturated rings. The zero-order valence-electron chi connectivity index (χ0n) is 11.9. The number of fused-ring (bicyclic) bond motifs is 1. The summed E-state index contributed by atoms with van der Waals surface area (Å²) in [5, 5.41) is 7.56. The summed E-state index contributed by atoms with van der Waals surface area (Å²) in [5.41, 5.74) is 8.74. The van der Waals surface area contributed by atoms with Crippen LogP contribution in [-0.2, 0) is 0 Å². The molecule has 0 spiro atoms. The van der Waals surface area contributed by atoms with E-state index in [4.69, 9.17) is 5.73 Å². The minimum Gasteiger partial charge on any atom is -0.383 e. The highest BCUT2D eigenvalue weighted by Gasteiger charge is 2.15. The Morgan fingerprint density at radius 3 is 2.90 bits per heavy atom. The van der Waals surface area contributed by atoms with Gasteiger partial charge in [-0.25, -0.2) is 4.98 Å². The number of piperidine rings is 1. The van der Waals surface area contributed by atoms with Crippen LogP contribution in [0.15, 0.2) is 6.07 Å². The number of nitrogens with zero attached hydrogens (tertiary/aromatic N) is 3. The minimum atomic E-state index is 0.353. The number of anilines is 2. The average molecular weight is 272 g/mol. The molecule has 2 aromatic heterocycles. The monoisotopic (exact) mass is 272 g/mol. The highest BCUT2D eigenvalue weighted by Crippen LogP contribution is 2.23. The van der Waals surface area contributed by atoms with E-state index in [-0.39, 0.29) is 0 Å². The Morgan fingerprint density at radius 2 is 2.15 bits per heavy atom. The largest absolute Gasteiger partial charge is 0.383 e. The van der Waals surface area contributed by atoms with Crippen LogP contribution >= 0.6 is 0 Å². The molecule has 0 bridgehead atoms. The van der Waals surface area contributed by atoms with Gasteiger partial charge in [0.25, 0.3) is 0 Å². The quantitative estimate of drug-likeness (QED) is 0.765. The molecule has 1 atom stereocenters. The van der Waals surface area contributed by atoms with Crippen LogP contribution in [0.1, 0.15) is 24.1 Å². The molecule has 20 heavy (non-hydrogen) atoms. The highest BCUT2D eigenvalue weighted by molar-refractivity contribution is 5.89. The minimum absolute atomic E-state index is 0.353. The highest BCUT2D eigenvalue weighted by atomic mass is 15.2. The molecule has 0 saturated carbocycles. The van der Waals surface area contributed by atoms with Gasteiger partial charge in [0, 0.05) is 18.3 Å². The molecule has 1 saturated heterocycles. The number of nitrogens with two attached hydrogens (primary N) is 1. The Bertz CT molecular complexity index is 633. The molecule has 2 aromatic rings. The molecule has 0 unspecified atom stereocenters.